The maximum atomic E-state index is 11.9. The first kappa shape index (κ1) is 15.6. The van der Waals surface area contributed by atoms with E-state index < -0.39 is 11.8 Å². The van der Waals surface area contributed by atoms with Gasteiger partial charge >= 0.3 is 11.8 Å². The molecule has 0 spiro atoms. The van der Waals surface area contributed by atoms with Gasteiger partial charge in [0.25, 0.3) is 0 Å². The number of carbonyl (C=O) groups excluding carboxylic acids is 2. The first-order valence-corrected chi connectivity index (χ1v) is 6.97. The van der Waals surface area contributed by atoms with Crippen molar-refractivity contribution in [1.82, 2.24) is 0 Å². The Morgan fingerprint density at radius 1 is 0.955 bits per heavy atom. The van der Waals surface area contributed by atoms with Crippen molar-refractivity contribution in [2.24, 2.45) is 0 Å². The topological polar surface area (TPSA) is 67.4 Å². The fourth-order valence-corrected chi connectivity index (χ4v) is 1.90. The van der Waals surface area contributed by atoms with Gasteiger partial charge in [-0.1, -0.05) is 25.1 Å². The lowest BCUT2D eigenvalue weighted by Crippen LogP contribution is -2.29. The van der Waals surface area contributed by atoms with Gasteiger partial charge in [0.05, 0.1) is 7.11 Å². The van der Waals surface area contributed by atoms with Crippen molar-refractivity contribution in [3.63, 3.8) is 0 Å². The van der Waals surface area contributed by atoms with Gasteiger partial charge < -0.3 is 15.4 Å². The molecule has 0 fully saturated rings. The molecule has 2 amide bonds. The van der Waals surface area contributed by atoms with E-state index in [0.29, 0.717) is 17.1 Å². The zero-order valence-electron chi connectivity index (χ0n) is 12.6. The van der Waals surface area contributed by atoms with Gasteiger partial charge in [-0.15, -0.1) is 0 Å². The van der Waals surface area contributed by atoms with E-state index in [2.05, 4.69) is 17.6 Å². The van der Waals surface area contributed by atoms with Crippen molar-refractivity contribution in [1.29, 1.82) is 0 Å². The molecule has 0 bridgehead atoms. The van der Waals surface area contributed by atoms with Crippen LogP contribution in [0.1, 0.15) is 12.5 Å². The van der Waals surface area contributed by atoms with Crippen LogP contribution in [-0.4, -0.2) is 18.9 Å². The second-order valence-corrected chi connectivity index (χ2v) is 4.69. The lowest BCUT2D eigenvalue weighted by molar-refractivity contribution is -0.132. The molecule has 0 radical (unpaired) electrons. The van der Waals surface area contributed by atoms with Crippen molar-refractivity contribution < 1.29 is 14.3 Å². The average molecular weight is 298 g/mol. The number of ether oxygens (including phenoxy) is 1. The Bertz CT molecular complexity index is 666. The van der Waals surface area contributed by atoms with Gasteiger partial charge in [0.2, 0.25) is 0 Å². The predicted molar refractivity (Wildman–Crippen MR) is 86.1 cm³/mol. The Kier molecular flexibility index (Phi) is 5.14. The molecule has 0 atom stereocenters. The molecule has 0 aliphatic rings. The summed E-state index contributed by atoms with van der Waals surface area (Å²) in [5.41, 5.74) is 2.25. The summed E-state index contributed by atoms with van der Waals surface area (Å²) in [5.74, 6) is -0.840. The van der Waals surface area contributed by atoms with E-state index in [0.717, 1.165) is 6.42 Å². The lowest BCUT2D eigenvalue weighted by atomic mass is 10.1. The number of benzene rings is 2. The summed E-state index contributed by atoms with van der Waals surface area (Å²) in [6.45, 7) is 2.05. The maximum Gasteiger partial charge on any atom is 0.314 e. The van der Waals surface area contributed by atoms with Crippen LogP contribution in [0.15, 0.2) is 48.5 Å². The van der Waals surface area contributed by atoms with Crippen LogP contribution in [0.2, 0.25) is 0 Å². The van der Waals surface area contributed by atoms with Gasteiger partial charge in [-0.3, -0.25) is 9.59 Å². The minimum atomic E-state index is -0.729. The molecule has 5 heteroatoms. The highest BCUT2D eigenvalue weighted by Gasteiger charge is 2.14. The Morgan fingerprint density at radius 2 is 1.59 bits per heavy atom. The van der Waals surface area contributed by atoms with E-state index in [1.807, 2.05) is 12.1 Å². The van der Waals surface area contributed by atoms with Crippen LogP contribution >= 0.6 is 0 Å². The SMILES string of the molecule is CCc1ccc(NC(=O)C(=O)Nc2cccc(OC)c2)cc1. The molecule has 5 nitrogen and oxygen atoms in total. The number of rotatable bonds is 4. The summed E-state index contributed by atoms with van der Waals surface area (Å²) in [5, 5.41) is 5.09. The number of methoxy groups -OCH3 is 1. The van der Waals surface area contributed by atoms with Crippen LogP contribution in [0, 0.1) is 0 Å². The summed E-state index contributed by atoms with van der Waals surface area (Å²) >= 11 is 0. The zero-order valence-corrected chi connectivity index (χ0v) is 12.6. The molecule has 2 aromatic carbocycles. The quantitative estimate of drug-likeness (QED) is 0.853. The number of carbonyl (C=O) groups is 2. The third-order valence-corrected chi connectivity index (χ3v) is 3.15. The van der Waals surface area contributed by atoms with Crippen LogP contribution in [0.5, 0.6) is 5.75 Å². The van der Waals surface area contributed by atoms with Crippen molar-refractivity contribution in [2.45, 2.75) is 13.3 Å². The second-order valence-electron chi connectivity index (χ2n) is 4.69. The molecule has 2 aromatic rings. The average Bonchev–Trinajstić information content (AvgIpc) is 2.55. The smallest absolute Gasteiger partial charge is 0.314 e. The fourth-order valence-electron chi connectivity index (χ4n) is 1.90. The zero-order chi connectivity index (χ0) is 15.9. The second kappa shape index (κ2) is 7.26. The molecule has 0 aliphatic heterocycles. The number of amides is 2. The Hall–Kier alpha value is -2.82. The number of hydrogen-bond donors (Lipinski definition) is 2. The normalized spacial score (nSPS) is 9.91. The number of aryl methyl sites for hydroxylation is 1. The Labute approximate surface area is 129 Å². The first-order valence-electron chi connectivity index (χ1n) is 6.97. The van der Waals surface area contributed by atoms with E-state index in [1.54, 1.807) is 36.4 Å². The van der Waals surface area contributed by atoms with Gasteiger partial charge in [-0.25, -0.2) is 0 Å². The molecular weight excluding hydrogens is 280 g/mol. The van der Waals surface area contributed by atoms with E-state index >= 15 is 0 Å². The van der Waals surface area contributed by atoms with E-state index in [9.17, 15) is 9.59 Å². The van der Waals surface area contributed by atoms with Crippen molar-refractivity contribution in [2.75, 3.05) is 17.7 Å². The summed E-state index contributed by atoms with van der Waals surface area (Å²) in [6.07, 6.45) is 0.921. The Balaban J connectivity index is 1.97. The predicted octanol–water partition coefficient (Wildman–Crippen LogP) is 2.83. The first-order chi connectivity index (χ1) is 10.6. The van der Waals surface area contributed by atoms with Crippen molar-refractivity contribution in [3.8, 4) is 5.75 Å². The number of hydrogen-bond acceptors (Lipinski definition) is 3. The molecule has 22 heavy (non-hydrogen) atoms. The molecule has 2 N–H and O–H groups in total. The van der Waals surface area contributed by atoms with Gasteiger partial charge in [-0.2, -0.15) is 0 Å². The molecule has 0 unspecified atom stereocenters. The van der Waals surface area contributed by atoms with Crippen LogP contribution in [-0.2, 0) is 16.0 Å². The largest absolute Gasteiger partial charge is 0.497 e. The monoisotopic (exact) mass is 298 g/mol. The van der Waals surface area contributed by atoms with E-state index in [1.165, 1.54) is 12.7 Å². The summed E-state index contributed by atoms with van der Waals surface area (Å²) < 4.78 is 5.06. The molecule has 0 heterocycles. The maximum absolute atomic E-state index is 11.9. The minimum absolute atomic E-state index is 0.501. The van der Waals surface area contributed by atoms with Gasteiger partial charge in [-0.05, 0) is 36.2 Å². The molecule has 2 rings (SSSR count). The van der Waals surface area contributed by atoms with Crippen LogP contribution in [0.3, 0.4) is 0 Å². The third kappa shape index (κ3) is 4.09. The third-order valence-electron chi connectivity index (χ3n) is 3.15. The fraction of sp³-hybridized carbons (Fsp3) is 0.176. The highest BCUT2D eigenvalue weighted by molar-refractivity contribution is 6.43. The molecule has 0 saturated carbocycles. The highest BCUT2D eigenvalue weighted by Crippen LogP contribution is 2.16. The molecule has 0 saturated heterocycles. The molecule has 0 aliphatic carbocycles. The Morgan fingerprint density at radius 3 is 2.18 bits per heavy atom. The van der Waals surface area contributed by atoms with E-state index in [-0.39, 0.29) is 0 Å². The van der Waals surface area contributed by atoms with Gasteiger partial charge in [0.15, 0.2) is 0 Å². The van der Waals surface area contributed by atoms with E-state index in [4.69, 9.17) is 4.74 Å². The standard InChI is InChI=1S/C17H18N2O3/c1-3-12-7-9-13(10-8-12)18-16(20)17(21)19-14-5-4-6-15(11-14)22-2/h4-11H,3H2,1-2H3,(H,18,20)(H,19,21). The minimum Gasteiger partial charge on any atom is -0.497 e. The van der Waals surface area contributed by atoms with Crippen molar-refractivity contribution in [3.05, 3.63) is 54.1 Å². The summed E-state index contributed by atoms with van der Waals surface area (Å²) in [7, 11) is 1.54. The van der Waals surface area contributed by atoms with Gasteiger partial charge in [0.1, 0.15) is 5.75 Å². The van der Waals surface area contributed by atoms with Crippen LogP contribution in [0.25, 0.3) is 0 Å². The lowest BCUT2D eigenvalue weighted by Gasteiger charge is -2.08. The molecular formula is C17H18N2O3. The van der Waals surface area contributed by atoms with Crippen LogP contribution in [0.4, 0.5) is 11.4 Å². The number of anilines is 2. The summed E-state index contributed by atoms with van der Waals surface area (Å²) in [6, 6.07) is 14.2. The van der Waals surface area contributed by atoms with Gasteiger partial charge in [0, 0.05) is 17.4 Å². The number of nitrogens with one attached hydrogen (secondary N) is 2. The van der Waals surface area contributed by atoms with Crippen molar-refractivity contribution >= 4 is 23.2 Å². The highest BCUT2D eigenvalue weighted by atomic mass is 16.5. The summed E-state index contributed by atoms with van der Waals surface area (Å²) in [4.78, 5) is 23.7. The van der Waals surface area contributed by atoms with Crippen LogP contribution < -0.4 is 15.4 Å². The molecule has 0 aromatic heterocycles. The molecule has 114 valence electrons.